The molecular formula is C14H18F2O3. The second kappa shape index (κ2) is 6.61. The minimum absolute atomic E-state index is 0.167. The molecule has 0 aliphatic heterocycles. The number of hydrogen-bond acceptors (Lipinski definition) is 3. The molecule has 0 bridgehead atoms. The molecule has 0 saturated carbocycles. The Balaban J connectivity index is 3.08. The van der Waals surface area contributed by atoms with Gasteiger partial charge in [-0.1, -0.05) is 13.8 Å². The smallest absolute Gasteiger partial charge is 0.312 e. The highest BCUT2D eigenvalue weighted by Crippen LogP contribution is 2.31. The van der Waals surface area contributed by atoms with Crippen LogP contribution in [0.2, 0.25) is 0 Å². The molecule has 0 radical (unpaired) electrons. The molecule has 19 heavy (non-hydrogen) atoms. The summed E-state index contributed by atoms with van der Waals surface area (Å²) < 4.78 is 31.6. The second-order valence-electron chi connectivity index (χ2n) is 4.63. The Morgan fingerprint density at radius 1 is 1.37 bits per heavy atom. The monoisotopic (exact) mass is 272 g/mol. The van der Waals surface area contributed by atoms with E-state index in [1.54, 1.807) is 20.8 Å². The van der Waals surface area contributed by atoms with Crippen molar-refractivity contribution in [2.45, 2.75) is 26.9 Å². The highest BCUT2D eigenvalue weighted by Gasteiger charge is 2.33. The average Bonchev–Trinajstić information content (AvgIpc) is 2.32. The normalized spacial score (nSPS) is 14.3. The van der Waals surface area contributed by atoms with E-state index >= 15 is 0 Å². The lowest BCUT2D eigenvalue weighted by molar-refractivity contribution is -0.154. The summed E-state index contributed by atoms with van der Waals surface area (Å²) in [6, 6.07) is 2.78. The van der Waals surface area contributed by atoms with Crippen molar-refractivity contribution >= 4 is 5.97 Å². The Labute approximate surface area is 111 Å². The minimum atomic E-state index is -1.44. The van der Waals surface area contributed by atoms with Gasteiger partial charge in [-0.3, -0.25) is 4.79 Å². The van der Waals surface area contributed by atoms with E-state index in [0.29, 0.717) is 0 Å². The Hall–Kier alpha value is -1.49. The quantitative estimate of drug-likeness (QED) is 0.838. The standard InChI is InChI=1S/C14H18F2O3/c1-4-19-14(18)12(8(2)3)13(17)10-7-9(15)5-6-11(10)16/h5-8,12-13,17H,4H2,1-3H3. The lowest BCUT2D eigenvalue weighted by Crippen LogP contribution is -2.29. The maximum absolute atomic E-state index is 13.6. The summed E-state index contributed by atoms with van der Waals surface area (Å²) >= 11 is 0. The molecule has 1 rings (SSSR count). The van der Waals surface area contributed by atoms with Crippen molar-refractivity contribution in [2.75, 3.05) is 6.61 Å². The summed E-state index contributed by atoms with van der Waals surface area (Å²) in [6.07, 6.45) is -1.44. The van der Waals surface area contributed by atoms with E-state index < -0.39 is 29.6 Å². The number of aliphatic hydroxyl groups excluding tert-OH is 1. The first-order valence-corrected chi connectivity index (χ1v) is 6.18. The van der Waals surface area contributed by atoms with Crippen LogP contribution in [0.15, 0.2) is 18.2 Å². The topological polar surface area (TPSA) is 46.5 Å². The maximum Gasteiger partial charge on any atom is 0.312 e. The van der Waals surface area contributed by atoms with E-state index in [1.165, 1.54) is 0 Å². The zero-order valence-electron chi connectivity index (χ0n) is 11.2. The number of ether oxygens (including phenoxy) is 1. The average molecular weight is 272 g/mol. The summed E-state index contributed by atoms with van der Waals surface area (Å²) in [6.45, 7) is 5.23. The molecule has 0 saturated heterocycles. The fraction of sp³-hybridized carbons (Fsp3) is 0.500. The van der Waals surface area contributed by atoms with Gasteiger partial charge in [0, 0.05) is 5.56 Å². The van der Waals surface area contributed by atoms with Crippen LogP contribution in [0.4, 0.5) is 8.78 Å². The molecule has 0 spiro atoms. The molecule has 0 aromatic heterocycles. The van der Waals surface area contributed by atoms with Crippen molar-refractivity contribution in [2.24, 2.45) is 11.8 Å². The van der Waals surface area contributed by atoms with E-state index in [9.17, 15) is 18.7 Å². The molecule has 3 nitrogen and oxygen atoms in total. The molecule has 1 N–H and O–H groups in total. The lowest BCUT2D eigenvalue weighted by atomic mass is 9.86. The zero-order chi connectivity index (χ0) is 14.6. The second-order valence-corrected chi connectivity index (χ2v) is 4.63. The van der Waals surface area contributed by atoms with Crippen molar-refractivity contribution in [1.29, 1.82) is 0 Å². The summed E-state index contributed by atoms with van der Waals surface area (Å²) in [5.41, 5.74) is -0.230. The van der Waals surface area contributed by atoms with Gasteiger partial charge in [-0.05, 0) is 31.0 Å². The third kappa shape index (κ3) is 3.73. The van der Waals surface area contributed by atoms with Crippen molar-refractivity contribution in [3.05, 3.63) is 35.4 Å². The highest BCUT2D eigenvalue weighted by molar-refractivity contribution is 5.73. The molecule has 2 atom stereocenters. The first-order valence-electron chi connectivity index (χ1n) is 6.18. The van der Waals surface area contributed by atoms with Crippen LogP contribution >= 0.6 is 0 Å². The molecule has 0 fully saturated rings. The summed E-state index contributed by atoms with van der Waals surface area (Å²) in [5, 5.41) is 10.1. The van der Waals surface area contributed by atoms with E-state index in [0.717, 1.165) is 18.2 Å². The number of esters is 1. The van der Waals surface area contributed by atoms with Gasteiger partial charge < -0.3 is 9.84 Å². The van der Waals surface area contributed by atoms with Crippen LogP contribution in [0.5, 0.6) is 0 Å². The Bertz CT molecular complexity index is 446. The largest absolute Gasteiger partial charge is 0.466 e. The number of aliphatic hydroxyl groups is 1. The van der Waals surface area contributed by atoms with E-state index in [1.807, 2.05) is 0 Å². The van der Waals surface area contributed by atoms with Gasteiger partial charge in [0.2, 0.25) is 0 Å². The number of rotatable bonds is 5. The Morgan fingerprint density at radius 3 is 2.53 bits per heavy atom. The van der Waals surface area contributed by atoms with Crippen molar-refractivity contribution in [1.82, 2.24) is 0 Å². The summed E-state index contributed by atoms with van der Waals surface area (Å²) in [7, 11) is 0. The SMILES string of the molecule is CCOC(=O)C(C(C)C)C(O)c1cc(F)ccc1F. The van der Waals surface area contributed by atoms with Gasteiger partial charge in [0.1, 0.15) is 11.6 Å². The van der Waals surface area contributed by atoms with Gasteiger partial charge in [-0.15, -0.1) is 0 Å². The fourth-order valence-electron chi connectivity index (χ4n) is 1.94. The lowest BCUT2D eigenvalue weighted by Gasteiger charge is -2.25. The van der Waals surface area contributed by atoms with Gasteiger partial charge in [-0.25, -0.2) is 8.78 Å². The van der Waals surface area contributed by atoms with Gasteiger partial charge in [-0.2, -0.15) is 0 Å². The molecular weight excluding hydrogens is 254 g/mol. The Kier molecular flexibility index (Phi) is 5.42. The molecule has 106 valence electrons. The van der Waals surface area contributed by atoms with Crippen LogP contribution in [-0.2, 0) is 9.53 Å². The molecule has 0 aliphatic carbocycles. The van der Waals surface area contributed by atoms with Crippen LogP contribution in [0.25, 0.3) is 0 Å². The van der Waals surface area contributed by atoms with Gasteiger partial charge >= 0.3 is 5.97 Å². The van der Waals surface area contributed by atoms with Crippen LogP contribution in [0.3, 0.4) is 0 Å². The zero-order valence-corrected chi connectivity index (χ0v) is 11.2. The van der Waals surface area contributed by atoms with Crippen molar-refractivity contribution < 1.29 is 23.4 Å². The van der Waals surface area contributed by atoms with Gasteiger partial charge in [0.25, 0.3) is 0 Å². The van der Waals surface area contributed by atoms with Crippen LogP contribution in [0, 0.1) is 23.5 Å². The van der Waals surface area contributed by atoms with E-state index in [2.05, 4.69) is 0 Å². The molecule has 5 heteroatoms. The van der Waals surface area contributed by atoms with Crippen LogP contribution in [-0.4, -0.2) is 17.7 Å². The molecule has 2 unspecified atom stereocenters. The molecule has 0 amide bonds. The maximum atomic E-state index is 13.6. The van der Waals surface area contributed by atoms with Gasteiger partial charge in [0.05, 0.1) is 18.6 Å². The molecule has 1 aromatic carbocycles. The van der Waals surface area contributed by atoms with Crippen molar-refractivity contribution in [3.8, 4) is 0 Å². The van der Waals surface area contributed by atoms with Gasteiger partial charge in [0.15, 0.2) is 0 Å². The van der Waals surface area contributed by atoms with Crippen molar-refractivity contribution in [3.63, 3.8) is 0 Å². The number of benzene rings is 1. The molecule has 0 heterocycles. The molecule has 1 aromatic rings. The number of halogens is 2. The highest BCUT2D eigenvalue weighted by atomic mass is 19.1. The predicted octanol–water partition coefficient (Wildman–Crippen LogP) is 2.83. The fourth-order valence-corrected chi connectivity index (χ4v) is 1.94. The number of carbonyl (C=O) groups excluding carboxylic acids is 1. The van der Waals surface area contributed by atoms with Crippen LogP contribution in [0.1, 0.15) is 32.4 Å². The van der Waals surface area contributed by atoms with E-state index in [4.69, 9.17) is 4.74 Å². The number of hydrogen-bond donors (Lipinski definition) is 1. The Morgan fingerprint density at radius 2 is 2.00 bits per heavy atom. The minimum Gasteiger partial charge on any atom is -0.466 e. The summed E-state index contributed by atoms with van der Waals surface area (Å²) in [4.78, 5) is 11.8. The number of carbonyl (C=O) groups is 1. The van der Waals surface area contributed by atoms with E-state index in [-0.39, 0.29) is 18.1 Å². The summed E-state index contributed by atoms with van der Waals surface area (Å²) in [5.74, 6) is -3.23. The predicted molar refractivity (Wildman–Crippen MR) is 66.3 cm³/mol. The first kappa shape index (κ1) is 15.6. The first-order chi connectivity index (χ1) is 8.88. The van der Waals surface area contributed by atoms with Crippen LogP contribution < -0.4 is 0 Å². The third-order valence-electron chi connectivity index (χ3n) is 2.89. The molecule has 0 aliphatic rings. The third-order valence-corrected chi connectivity index (χ3v) is 2.89.